The molecule has 0 aliphatic carbocycles. The minimum absolute atomic E-state index is 0.0231. The van der Waals surface area contributed by atoms with Crippen LogP contribution in [-0.4, -0.2) is 40.7 Å². The van der Waals surface area contributed by atoms with E-state index >= 15 is 0 Å². The van der Waals surface area contributed by atoms with Crippen LogP contribution in [0.15, 0.2) is 29.2 Å². The summed E-state index contributed by atoms with van der Waals surface area (Å²) in [5.41, 5.74) is 0. The van der Waals surface area contributed by atoms with Gasteiger partial charge in [0.2, 0.25) is 5.91 Å². The molecule has 0 spiro atoms. The number of aliphatic carboxylic acids is 1. The Labute approximate surface area is 121 Å². The number of rotatable bonds is 5. The summed E-state index contributed by atoms with van der Waals surface area (Å²) in [7, 11) is 0. The molecule has 1 heterocycles. The number of carbonyl (C=O) groups is 2. The van der Waals surface area contributed by atoms with Crippen molar-refractivity contribution in [3.05, 3.63) is 30.1 Å². The Hall–Kier alpha value is -1.56. The van der Waals surface area contributed by atoms with Gasteiger partial charge in [-0.2, -0.15) is 0 Å². The van der Waals surface area contributed by atoms with Crippen LogP contribution < -0.4 is 0 Å². The van der Waals surface area contributed by atoms with Gasteiger partial charge in [0.1, 0.15) is 5.82 Å². The maximum Gasteiger partial charge on any atom is 0.306 e. The van der Waals surface area contributed by atoms with E-state index in [0.717, 1.165) is 0 Å². The van der Waals surface area contributed by atoms with Crippen LogP contribution in [0.1, 0.15) is 6.92 Å². The van der Waals surface area contributed by atoms with Crippen LogP contribution in [0.2, 0.25) is 0 Å². The van der Waals surface area contributed by atoms with Crippen molar-refractivity contribution in [3.8, 4) is 0 Å². The van der Waals surface area contributed by atoms with Gasteiger partial charge in [0.25, 0.3) is 0 Å². The summed E-state index contributed by atoms with van der Waals surface area (Å²) in [6.45, 7) is 2.61. The van der Waals surface area contributed by atoms with Gasteiger partial charge in [0, 0.05) is 23.9 Å². The molecule has 1 N–H and O–H groups in total. The Balaban J connectivity index is 1.78. The highest BCUT2D eigenvalue weighted by molar-refractivity contribution is 8.00. The number of hydrogen-bond donors (Lipinski definition) is 1. The van der Waals surface area contributed by atoms with E-state index in [1.165, 1.54) is 17.8 Å². The molecule has 1 aliphatic rings. The third-order valence-electron chi connectivity index (χ3n) is 3.55. The average Bonchev–Trinajstić information content (AvgIpc) is 2.35. The van der Waals surface area contributed by atoms with Gasteiger partial charge in [-0.3, -0.25) is 9.59 Å². The highest BCUT2D eigenvalue weighted by Crippen LogP contribution is 2.26. The number of carboxylic acid groups (broad SMARTS) is 1. The molecule has 1 aliphatic heterocycles. The lowest BCUT2D eigenvalue weighted by atomic mass is 9.87. The number of amides is 1. The maximum atomic E-state index is 13.4. The Bertz CT molecular complexity index is 517. The molecular weight excluding hydrogens is 281 g/mol. The zero-order valence-electron chi connectivity index (χ0n) is 11.1. The molecule has 1 fully saturated rings. The van der Waals surface area contributed by atoms with Gasteiger partial charge in [-0.05, 0) is 12.1 Å². The van der Waals surface area contributed by atoms with E-state index in [9.17, 15) is 14.0 Å². The summed E-state index contributed by atoms with van der Waals surface area (Å²) in [6.07, 6.45) is 0. The third-order valence-corrected chi connectivity index (χ3v) is 4.58. The quantitative estimate of drug-likeness (QED) is 0.846. The standard InChI is InChI=1S/C14H16FNO3S/c1-9(14(18)19)10-6-16(7-10)13(17)8-20-12-5-3-2-4-11(12)15/h2-5,9-10H,6-8H2,1H3,(H,18,19). The van der Waals surface area contributed by atoms with Crippen molar-refractivity contribution in [2.75, 3.05) is 18.8 Å². The van der Waals surface area contributed by atoms with Gasteiger partial charge in [-0.25, -0.2) is 4.39 Å². The van der Waals surface area contributed by atoms with Crippen LogP contribution >= 0.6 is 11.8 Å². The summed E-state index contributed by atoms with van der Waals surface area (Å²) in [5.74, 6) is -1.47. The van der Waals surface area contributed by atoms with E-state index in [4.69, 9.17) is 5.11 Å². The SMILES string of the molecule is CC(C(=O)O)C1CN(C(=O)CSc2ccccc2F)C1. The van der Waals surface area contributed by atoms with Gasteiger partial charge in [-0.15, -0.1) is 11.8 Å². The molecule has 1 saturated heterocycles. The van der Waals surface area contributed by atoms with Gasteiger partial charge in [-0.1, -0.05) is 19.1 Å². The topological polar surface area (TPSA) is 57.6 Å². The third kappa shape index (κ3) is 3.30. The second kappa shape index (κ2) is 6.26. The monoisotopic (exact) mass is 297 g/mol. The van der Waals surface area contributed by atoms with E-state index < -0.39 is 11.9 Å². The zero-order chi connectivity index (χ0) is 14.7. The molecule has 4 nitrogen and oxygen atoms in total. The molecular formula is C14H16FNO3S. The first-order chi connectivity index (χ1) is 9.49. The second-order valence-electron chi connectivity index (χ2n) is 4.90. The molecule has 0 aromatic heterocycles. The number of carboxylic acids is 1. The summed E-state index contributed by atoms with van der Waals surface area (Å²) in [5, 5.41) is 8.88. The molecule has 0 bridgehead atoms. The van der Waals surface area contributed by atoms with Crippen molar-refractivity contribution in [3.63, 3.8) is 0 Å². The minimum atomic E-state index is -0.831. The average molecular weight is 297 g/mol. The molecule has 108 valence electrons. The Morgan fingerprint density at radius 3 is 2.70 bits per heavy atom. The van der Waals surface area contributed by atoms with Gasteiger partial charge in [0.05, 0.1) is 11.7 Å². The highest BCUT2D eigenvalue weighted by atomic mass is 32.2. The van der Waals surface area contributed by atoms with Crippen LogP contribution in [0.25, 0.3) is 0 Å². The Morgan fingerprint density at radius 1 is 1.45 bits per heavy atom. The van der Waals surface area contributed by atoms with E-state index in [1.54, 1.807) is 30.0 Å². The van der Waals surface area contributed by atoms with Crippen molar-refractivity contribution < 1.29 is 19.1 Å². The van der Waals surface area contributed by atoms with Gasteiger partial charge < -0.3 is 10.0 Å². The number of thioether (sulfide) groups is 1. The first-order valence-electron chi connectivity index (χ1n) is 6.37. The molecule has 1 atom stereocenters. The van der Waals surface area contributed by atoms with Crippen LogP contribution in [0.5, 0.6) is 0 Å². The number of nitrogens with zero attached hydrogens (tertiary/aromatic N) is 1. The maximum absolute atomic E-state index is 13.4. The predicted molar refractivity (Wildman–Crippen MR) is 74.0 cm³/mol. The Morgan fingerprint density at radius 2 is 2.10 bits per heavy atom. The van der Waals surface area contributed by atoms with Crippen molar-refractivity contribution in [1.82, 2.24) is 4.90 Å². The van der Waals surface area contributed by atoms with Crippen LogP contribution in [-0.2, 0) is 9.59 Å². The van der Waals surface area contributed by atoms with Crippen molar-refractivity contribution in [1.29, 1.82) is 0 Å². The summed E-state index contributed by atoms with van der Waals surface area (Å²) >= 11 is 1.17. The molecule has 2 rings (SSSR count). The van der Waals surface area contributed by atoms with Gasteiger partial charge in [0.15, 0.2) is 0 Å². The van der Waals surface area contributed by atoms with Crippen LogP contribution in [0, 0.1) is 17.7 Å². The normalized spacial score (nSPS) is 16.6. The van der Waals surface area contributed by atoms with Gasteiger partial charge >= 0.3 is 5.97 Å². The van der Waals surface area contributed by atoms with Crippen LogP contribution in [0.3, 0.4) is 0 Å². The van der Waals surface area contributed by atoms with Crippen molar-refractivity contribution >= 4 is 23.6 Å². The fraction of sp³-hybridized carbons (Fsp3) is 0.429. The summed E-state index contributed by atoms with van der Waals surface area (Å²) in [6, 6.07) is 6.33. The molecule has 1 unspecified atom stereocenters. The van der Waals surface area contributed by atoms with E-state index in [2.05, 4.69) is 0 Å². The smallest absolute Gasteiger partial charge is 0.306 e. The lowest BCUT2D eigenvalue weighted by Gasteiger charge is -2.41. The lowest BCUT2D eigenvalue weighted by Crippen LogP contribution is -2.54. The number of carbonyl (C=O) groups excluding carboxylic acids is 1. The minimum Gasteiger partial charge on any atom is -0.481 e. The summed E-state index contributed by atoms with van der Waals surface area (Å²) in [4.78, 5) is 24.8. The Kier molecular flexibility index (Phi) is 4.65. The molecule has 1 aromatic rings. The number of halogens is 1. The molecule has 1 amide bonds. The summed E-state index contributed by atoms with van der Waals surface area (Å²) < 4.78 is 13.4. The van der Waals surface area contributed by atoms with Crippen molar-refractivity contribution in [2.45, 2.75) is 11.8 Å². The van der Waals surface area contributed by atoms with E-state index in [0.29, 0.717) is 18.0 Å². The first kappa shape index (κ1) is 14.8. The number of benzene rings is 1. The fourth-order valence-electron chi connectivity index (χ4n) is 2.03. The van der Waals surface area contributed by atoms with Crippen molar-refractivity contribution in [2.24, 2.45) is 11.8 Å². The largest absolute Gasteiger partial charge is 0.481 e. The highest BCUT2D eigenvalue weighted by Gasteiger charge is 2.36. The molecule has 20 heavy (non-hydrogen) atoms. The van der Waals surface area contributed by atoms with E-state index in [-0.39, 0.29) is 23.4 Å². The molecule has 1 aromatic carbocycles. The predicted octanol–water partition coefficient (Wildman–Crippen LogP) is 2.10. The number of hydrogen-bond acceptors (Lipinski definition) is 3. The van der Waals surface area contributed by atoms with E-state index in [1.807, 2.05) is 0 Å². The molecule has 0 saturated carbocycles. The lowest BCUT2D eigenvalue weighted by molar-refractivity contribution is -0.149. The number of likely N-dealkylation sites (tertiary alicyclic amines) is 1. The van der Waals surface area contributed by atoms with Crippen LogP contribution in [0.4, 0.5) is 4.39 Å². The second-order valence-corrected chi connectivity index (χ2v) is 5.92. The molecule has 0 radical (unpaired) electrons. The molecule has 6 heteroatoms. The first-order valence-corrected chi connectivity index (χ1v) is 7.35. The zero-order valence-corrected chi connectivity index (χ0v) is 11.9. The fourth-order valence-corrected chi connectivity index (χ4v) is 2.87.